The Morgan fingerprint density at radius 2 is 1.75 bits per heavy atom. The number of aromatic carboxylic acids is 1. The Morgan fingerprint density at radius 1 is 1.11 bits per heavy atom. The standard InChI is InChI=1S/C15H13Cl2N3O5S.2Na/c1-2-20(19-18-9-3-5-12(16)13(17)7-9)14-6-4-10(26(23,24)25)8-11(14)15(21)22;;/h3-8H,2H2,1H3,(H,21,22)(H,23,24,25);;/q;2*+1/p-2. The Morgan fingerprint density at radius 3 is 2.25 bits per heavy atom. The summed E-state index contributed by atoms with van der Waals surface area (Å²) in [5.74, 6) is -1.66. The molecule has 0 fully saturated rings. The molecule has 28 heavy (non-hydrogen) atoms. The second-order valence-corrected chi connectivity index (χ2v) is 7.12. The van der Waals surface area contributed by atoms with Gasteiger partial charge in [0.05, 0.1) is 32.3 Å². The summed E-state index contributed by atoms with van der Waals surface area (Å²) in [7, 11) is -4.81. The molecule has 0 N–H and O–H groups in total. The fourth-order valence-electron chi connectivity index (χ4n) is 1.99. The van der Waals surface area contributed by atoms with Crippen molar-refractivity contribution in [2.75, 3.05) is 11.6 Å². The van der Waals surface area contributed by atoms with Crippen LogP contribution in [-0.4, -0.2) is 25.5 Å². The maximum absolute atomic E-state index is 11.3. The second-order valence-electron chi connectivity index (χ2n) is 4.92. The van der Waals surface area contributed by atoms with Crippen LogP contribution in [0.3, 0.4) is 0 Å². The molecule has 0 aliphatic carbocycles. The second kappa shape index (κ2) is 11.8. The van der Waals surface area contributed by atoms with Gasteiger partial charge in [0.1, 0.15) is 10.1 Å². The van der Waals surface area contributed by atoms with E-state index in [2.05, 4.69) is 10.3 Å². The van der Waals surface area contributed by atoms with E-state index < -0.39 is 26.5 Å². The predicted octanol–water partition coefficient (Wildman–Crippen LogP) is -3.21. The summed E-state index contributed by atoms with van der Waals surface area (Å²) >= 11 is 11.7. The van der Waals surface area contributed by atoms with Gasteiger partial charge in [0, 0.05) is 12.1 Å². The van der Waals surface area contributed by atoms with Crippen molar-refractivity contribution in [2.24, 2.45) is 10.3 Å². The van der Waals surface area contributed by atoms with Gasteiger partial charge in [-0.05, 0) is 43.3 Å². The quantitative estimate of drug-likeness (QED) is 0.193. The van der Waals surface area contributed by atoms with E-state index in [0.717, 1.165) is 18.2 Å². The van der Waals surface area contributed by atoms with E-state index in [4.69, 9.17) is 23.2 Å². The molecule has 0 bridgehead atoms. The van der Waals surface area contributed by atoms with Gasteiger partial charge >= 0.3 is 59.1 Å². The first kappa shape index (κ1) is 27.8. The number of carbonyl (C=O) groups excluding carboxylic acids is 1. The maximum Gasteiger partial charge on any atom is 1.00 e. The molecule has 0 atom stereocenters. The molecular formula is C15H11Cl2N3Na2O5S. The Labute approximate surface area is 216 Å². The van der Waals surface area contributed by atoms with Crippen molar-refractivity contribution in [1.29, 1.82) is 0 Å². The molecule has 8 nitrogen and oxygen atoms in total. The first-order valence-electron chi connectivity index (χ1n) is 7.09. The molecule has 0 radical (unpaired) electrons. The van der Waals surface area contributed by atoms with E-state index in [0.29, 0.717) is 10.7 Å². The van der Waals surface area contributed by atoms with E-state index in [-0.39, 0.29) is 76.4 Å². The van der Waals surface area contributed by atoms with Gasteiger partial charge in [-0.2, -0.15) is 0 Å². The summed E-state index contributed by atoms with van der Waals surface area (Å²) in [6.45, 7) is 1.87. The van der Waals surface area contributed by atoms with E-state index >= 15 is 0 Å². The smallest absolute Gasteiger partial charge is 0.744 e. The van der Waals surface area contributed by atoms with Crippen LogP contribution in [0.4, 0.5) is 11.4 Å². The van der Waals surface area contributed by atoms with Gasteiger partial charge in [-0.3, -0.25) is 0 Å². The van der Waals surface area contributed by atoms with Crippen molar-refractivity contribution in [2.45, 2.75) is 11.8 Å². The molecule has 13 heteroatoms. The number of hydrogen-bond acceptors (Lipinski definition) is 7. The molecule has 0 heterocycles. The number of hydrogen-bond donors (Lipinski definition) is 0. The average molecular weight is 462 g/mol. The van der Waals surface area contributed by atoms with Crippen LogP contribution in [-0.2, 0) is 10.1 Å². The number of halogens is 2. The first-order chi connectivity index (χ1) is 12.1. The van der Waals surface area contributed by atoms with E-state index in [1.165, 1.54) is 17.1 Å². The largest absolute Gasteiger partial charge is 1.00 e. The zero-order chi connectivity index (χ0) is 19.5. The van der Waals surface area contributed by atoms with E-state index in [1.54, 1.807) is 13.0 Å². The summed E-state index contributed by atoms with van der Waals surface area (Å²) in [6, 6.07) is 7.40. The Balaban J connectivity index is 0.00000364. The maximum atomic E-state index is 11.3. The van der Waals surface area contributed by atoms with Crippen LogP contribution in [0.2, 0.25) is 10.0 Å². The molecule has 2 rings (SSSR count). The number of carboxylic acid groups (broad SMARTS) is 1. The SMILES string of the molecule is CCN(N=Nc1ccc(Cl)c(Cl)c1)c1ccc(S(=O)(=O)[O-])cc1C(=O)[O-].[Na+].[Na+]. The molecule has 0 spiro atoms. The molecule has 0 amide bonds. The van der Waals surface area contributed by atoms with Gasteiger partial charge in [-0.25, -0.2) is 13.4 Å². The molecule has 0 aliphatic heterocycles. The summed E-state index contributed by atoms with van der Waals surface area (Å²) < 4.78 is 33.2. The number of anilines is 1. The number of benzene rings is 2. The molecule has 0 aliphatic rings. The zero-order valence-corrected chi connectivity index (χ0v) is 21.5. The third kappa shape index (κ3) is 7.24. The minimum Gasteiger partial charge on any atom is -0.744 e. The van der Waals surface area contributed by atoms with Crippen LogP contribution in [0.1, 0.15) is 17.3 Å². The Bertz CT molecular complexity index is 990. The van der Waals surface area contributed by atoms with Crippen molar-refractivity contribution in [3.05, 3.63) is 52.0 Å². The molecule has 138 valence electrons. The van der Waals surface area contributed by atoms with Gasteiger partial charge in [0.2, 0.25) is 0 Å². The third-order valence-electron chi connectivity index (χ3n) is 3.23. The van der Waals surface area contributed by atoms with Gasteiger partial charge in [0.15, 0.2) is 0 Å². The third-order valence-corrected chi connectivity index (χ3v) is 4.80. The molecule has 2 aromatic carbocycles. The minimum atomic E-state index is -4.81. The van der Waals surface area contributed by atoms with Crippen molar-refractivity contribution in [3.8, 4) is 0 Å². The van der Waals surface area contributed by atoms with Gasteiger partial charge < -0.3 is 14.5 Å². The van der Waals surface area contributed by atoms with Gasteiger partial charge in [-0.1, -0.05) is 28.4 Å². The summed E-state index contributed by atoms with van der Waals surface area (Å²) in [5, 5.41) is 21.0. The fourth-order valence-corrected chi connectivity index (χ4v) is 2.78. The van der Waals surface area contributed by atoms with Crippen LogP contribution >= 0.6 is 23.2 Å². The van der Waals surface area contributed by atoms with E-state index in [9.17, 15) is 22.9 Å². The van der Waals surface area contributed by atoms with Crippen molar-refractivity contribution >= 4 is 50.7 Å². The van der Waals surface area contributed by atoms with Gasteiger partial charge in [-0.15, -0.1) is 5.11 Å². The monoisotopic (exact) mass is 461 g/mol. The number of carboxylic acids is 1. The molecular weight excluding hydrogens is 451 g/mol. The number of nitrogens with zero attached hydrogens (tertiary/aromatic N) is 3. The zero-order valence-electron chi connectivity index (χ0n) is 15.2. The van der Waals surface area contributed by atoms with Crippen molar-refractivity contribution < 1.29 is 82.0 Å². The normalized spacial score (nSPS) is 10.9. The summed E-state index contributed by atoms with van der Waals surface area (Å²) in [6.07, 6.45) is 0. The topological polar surface area (TPSA) is 125 Å². The Hall–Kier alpha value is -0.200. The first-order valence-corrected chi connectivity index (χ1v) is 9.25. The molecule has 2 aromatic rings. The van der Waals surface area contributed by atoms with Crippen LogP contribution in [0.5, 0.6) is 0 Å². The van der Waals surface area contributed by atoms with E-state index in [1.807, 2.05) is 0 Å². The van der Waals surface area contributed by atoms with Crippen LogP contribution < -0.4 is 69.2 Å². The average Bonchev–Trinajstić information content (AvgIpc) is 2.57. The molecule has 0 saturated carbocycles. The molecule has 0 unspecified atom stereocenters. The predicted molar refractivity (Wildman–Crippen MR) is 92.7 cm³/mol. The Kier molecular flexibility index (Phi) is 11.8. The van der Waals surface area contributed by atoms with Crippen molar-refractivity contribution in [1.82, 2.24) is 0 Å². The molecule has 0 saturated heterocycles. The van der Waals surface area contributed by atoms with Gasteiger partial charge in [0.25, 0.3) is 0 Å². The van der Waals surface area contributed by atoms with Crippen LogP contribution in [0.15, 0.2) is 51.6 Å². The minimum absolute atomic E-state index is 0. The number of carbonyl (C=O) groups is 1. The number of rotatable bonds is 6. The van der Waals surface area contributed by atoms with Crippen molar-refractivity contribution in [3.63, 3.8) is 0 Å². The summed E-state index contributed by atoms with van der Waals surface area (Å²) in [4.78, 5) is 10.7. The fraction of sp³-hybridized carbons (Fsp3) is 0.133. The summed E-state index contributed by atoms with van der Waals surface area (Å²) in [5.41, 5.74) is -0.118. The molecule has 0 aromatic heterocycles. The van der Waals surface area contributed by atoms with Crippen LogP contribution in [0.25, 0.3) is 0 Å². The van der Waals surface area contributed by atoms with Crippen LogP contribution in [0, 0.1) is 0 Å².